The van der Waals surface area contributed by atoms with E-state index in [1.54, 1.807) is 0 Å². The number of aliphatic hydroxyl groups is 2. The smallest absolute Gasteiger partial charge is 0.335 e. The molecule has 0 radical (unpaired) electrons. The lowest BCUT2D eigenvalue weighted by Crippen LogP contribution is -2.61. The summed E-state index contributed by atoms with van der Waals surface area (Å²) < 4.78 is 28.3. The Morgan fingerprint density at radius 3 is 1.18 bits per heavy atom. The molecule has 0 amide bonds. The number of carboxylic acids is 1. The Hall–Kier alpha value is -5.66. The van der Waals surface area contributed by atoms with Gasteiger partial charge >= 0.3 is 23.9 Å². The van der Waals surface area contributed by atoms with E-state index >= 15 is 0 Å². The second-order valence-electron chi connectivity index (χ2n) is 21.3. The fraction of sp³-hybridized carbons (Fsp3) is 0.589. The summed E-state index contributed by atoms with van der Waals surface area (Å²) in [6, 6.07) is 0. The zero-order valence-electron chi connectivity index (χ0n) is 52.5. The number of esters is 3. The van der Waals surface area contributed by atoms with Crippen molar-refractivity contribution in [2.24, 2.45) is 0 Å². The van der Waals surface area contributed by atoms with Crippen LogP contribution in [0.4, 0.5) is 0 Å². The molecule has 6 atom stereocenters. The highest BCUT2D eigenvalue weighted by molar-refractivity contribution is 5.74. The van der Waals surface area contributed by atoms with Crippen LogP contribution in [-0.4, -0.2) is 89.2 Å². The van der Waals surface area contributed by atoms with Crippen LogP contribution >= 0.6 is 0 Å². The van der Waals surface area contributed by atoms with E-state index in [9.17, 15) is 34.5 Å². The van der Waals surface area contributed by atoms with Gasteiger partial charge in [-0.1, -0.05) is 243 Å². The normalized spacial score (nSPS) is 18.5. The van der Waals surface area contributed by atoms with Crippen molar-refractivity contribution in [1.82, 2.24) is 0 Å². The van der Waals surface area contributed by atoms with Crippen molar-refractivity contribution in [3.05, 3.63) is 158 Å². The Morgan fingerprint density at radius 1 is 0.400 bits per heavy atom. The maximum absolute atomic E-state index is 13.2. The number of aliphatic hydroxyl groups excluding tert-OH is 2. The van der Waals surface area contributed by atoms with Gasteiger partial charge in [0.25, 0.3) is 0 Å². The molecule has 476 valence electrons. The molecule has 0 aromatic carbocycles. The number of carbonyl (C=O) groups is 4. The number of carbonyl (C=O) groups excluding carboxylic acids is 3. The lowest BCUT2D eigenvalue weighted by atomic mass is 9.98. The lowest BCUT2D eigenvalue weighted by Gasteiger charge is -2.40. The average molecular weight is 1180 g/mol. The van der Waals surface area contributed by atoms with Crippen LogP contribution in [0.15, 0.2) is 158 Å². The summed E-state index contributed by atoms with van der Waals surface area (Å²) in [6.07, 6.45) is 73.7. The number of unbranched alkanes of at least 4 members (excludes halogenated alkanes) is 13. The van der Waals surface area contributed by atoms with Crippen LogP contribution in [0.2, 0.25) is 0 Å². The molecule has 0 saturated carbocycles. The van der Waals surface area contributed by atoms with Gasteiger partial charge in [-0.15, -0.1) is 0 Å². The molecule has 3 N–H and O–H groups in total. The molecule has 1 rings (SSSR count). The second kappa shape index (κ2) is 58.7. The zero-order valence-corrected chi connectivity index (χ0v) is 52.5. The van der Waals surface area contributed by atoms with E-state index in [2.05, 4.69) is 148 Å². The molecule has 1 aliphatic heterocycles. The minimum atomic E-state index is -1.95. The van der Waals surface area contributed by atoms with E-state index in [4.69, 9.17) is 23.7 Å². The topological polar surface area (TPSA) is 175 Å². The third kappa shape index (κ3) is 48.2. The van der Waals surface area contributed by atoms with Gasteiger partial charge in [0.05, 0.1) is 6.61 Å². The summed E-state index contributed by atoms with van der Waals surface area (Å²) in [5, 5.41) is 31.6. The molecule has 1 fully saturated rings. The minimum absolute atomic E-state index is 0.0757. The van der Waals surface area contributed by atoms with Crippen molar-refractivity contribution >= 4 is 23.9 Å². The van der Waals surface area contributed by atoms with Crippen molar-refractivity contribution in [3.8, 4) is 0 Å². The number of hydrogen-bond donors (Lipinski definition) is 3. The van der Waals surface area contributed by atoms with Crippen molar-refractivity contribution in [2.75, 3.05) is 13.2 Å². The van der Waals surface area contributed by atoms with E-state index in [0.717, 1.165) is 96.3 Å². The van der Waals surface area contributed by atoms with Gasteiger partial charge in [0.2, 0.25) is 0 Å². The first-order valence-electron chi connectivity index (χ1n) is 32.5. The van der Waals surface area contributed by atoms with E-state index in [-0.39, 0.29) is 25.9 Å². The van der Waals surface area contributed by atoms with Crippen molar-refractivity contribution in [2.45, 2.75) is 263 Å². The molecule has 6 unspecified atom stereocenters. The number of ether oxygens (including phenoxy) is 5. The van der Waals surface area contributed by atoms with Gasteiger partial charge < -0.3 is 39.0 Å². The first-order valence-corrected chi connectivity index (χ1v) is 32.5. The first kappa shape index (κ1) is 77.4. The van der Waals surface area contributed by atoms with Gasteiger partial charge in [0, 0.05) is 19.3 Å². The highest BCUT2D eigenvalue weighted by Crippen LogP contribution is 2.26. The number of hydrogen-bond acceptors (Lipinski definition) is 11. The van der Waals surface area contributed by atoms with E-state index < -0.39 is 67.3 Å². The molecule has 0 aliphatic carbocycles. The molecular formula is C73H112O12. The molecule has 85 heavy (non-hydrogen) atoms. The molecule has 0 spiro atoms. The van der Waals surface area contributed by atoms with Gasteiger partial charge in [0.1, 0.15) is 18.8 Å². The number of aliphatic carboxylic acids is 1. The summed E-state index contributed by atoms with van der Waals surface area (Å²) in [7, 11) is 0. The molecule has 1 saturated heterocycles. The van der Waals surface area contributed by atoms with E-state index in [0.29, 0.717) is 32.1 Å². The summed E-state index contributed by atoms with van der Waals surface area (Å²) in [6.45, 7) is 5.66. The van der Waals surface area contributed by atoms with Crippen LogP contribution in [0.5, 0.6) is 0 Å². The average Bonchev–Trinajstić information content (AvgIpc) is 3.51. The Balaban J connectivity index is 2.77. The van der Waals surface area contributed by atoms with Crippen molar-refractivity contribution < 1.29 is 58.2 Å². The summed E-state index contributed by atoms with van der Waals surface area (Å²) in [4.78, 5) is 51.3. The van der Waals surface area contributed by atoms with Gasteiger partial charge in [-0.05, 0) is 122 Å². The number of allylic oxidation sites excluding steroid dienone is 26. The lowest BCUT2D eigenvalue weighted by molar-refractivity contribution is -0.301. The predicted octanol–water partition coefficient (Wildman–Crippen LogP) is 17.7. The highest BCUT2D eigenvalue weighted by atomic mass is 16.7. The fourth-order valence-electron chi connectivity index (χ4n) is 8.71. The van der Waals surface area contributed by atoms with Crippen molar-refractivity contribution in [3.63, 3.8) is 0 Å². The summed E-state index contributed by atoms with van der Waals surface area (Å²) in [5.41, 5.74) is 0. The third-order valence-corrected chi connectivity index (χ3v) is 13.6. The zero-order chi connectivity index (χ0) is 61.7. The maximum Gasteiger partial charge on any atom is 0.335 e. The fourth-order valence-corrected chi connectivity index (χ4v) is 8.71. The monoisotopic (exact) mass is 1180 g/mol. The molecule has 1 heterocycles. The number of rotatable bonds is 53. The summed E-state index contributed by atoms with van der Waals surface area (Å²) >= 11 is 0. The Labute approximate surface area is 514 Å². The quantitative estimate of drug-likeness (QED) is 0.0228. The Bertz CT molecular complexity index is 2080. The molecule has 0 aromatic rings. The first-order chi connectivity index (χ1) is 41.6. The Kier molecular flexibility index (Phi) is 53.4. The van der Waals surface area contributed by atoms with E-state index in [1.165, 1.54) is 57.8 Å². The van der Waals surface area contributed by atoms with Gasteiger partial charge in [-0.25, -0.2) is 4.79 Å². The van der Waals surface area contributed by atoms with Crippen LogP contribution in [0.3, 0.4) is 0 Å². The van der Waals surface area contributed by atoms with Gasteiger partial charge in [0.15, 0.2) is 24.6 Å². The highest BCUT2D eigenvalue weighted by Gasteiger charge is 2.50. The molecule has 12 heteroatoms. The predicted molar refractivity (Wildman–Crippen MR) is 349 cm³/mol. The van der Waals surface area contributed by atoms with Crippen LogP contribution in [0.25, 0.3) is 0 Å². The van der Waals surface area contributed by atoms with Crippen LogP contribution in [0.1, 0.15) is 226 Å². The van der Waals surface area contributed by atoms with Crippen molar-refractivity contribution in [1.29, 1.82) is 0 Å². The standard InChI is InChI=1S/C73H112O12/c1-4-7-10-13-16-19-22-25-28-31-33-36-38-41-44-47-50-53-56-59-65(74)81-62-64(83-66(75)60-57-54-51-48-45-42-39-35-30-27-24-21-18-15-12-9-6-3)63-82-73-71(69(78)68(77)70(85-73)72(79)80)84-67(76)61-58-55-52-49-46-43-40-37-34-32-29-26-23-20-17-14-11-8-5-2/h7-8,10-11,16-17,19-20,25-30,33-34,36-37,41,43-44,46,50,52-53,55,64,68-71,73,77-78H,4-6,9,12-15,18,21-24,31-32,35,38-40,42,45,47-49,51,54,56-63H2,1-3H3,(H,79,80)/b10-7-,11-8-,19-16-,20-17-,28-25-,29-26-,30-27-,36-33-,37-34-,44-41-,46-43-,53-50-,55-52-. The SMILES string of the molecule is CC/C=C\C/C=C\C/C=C\C/C=C\C/C=C\C/C=C\CCC(=O)OCC(COC1OC(C(=O)O)C(O)C(O)C1OC(=O)CC/C=C\C/C=C\C/C=C\C/C=C\C/C=C\C/C=C\CC)OC(=O)CCCCCCCCC/C=C\CCCCCCCC. The molecular weight excluding hydrogens is 1070 g/mol. The largest absolute Gasteiger partial charge is 0.479 e. The minimum Gasteiger partial charge on any atom is -0.479 e. The van der Waals surface area contributed by atoms with Gasteiger partial charge in [-0.3, -0.25) is 14.4 Å². The van der Waals surface area contributed by atoms with Gasteiger partial charge in [-0.2, -0.15) is 0 Å². The van der Waals surface area contributed by atoms with Crippen LogP contribution in [-0.2, 0) is 42.9 Å². The number of carboxylic acid groups (broad SMARTS) is 1. The molecule has 0 bridgehead atoms. The maximum atomic E-state index is 13.2. The summed E-state index contributed by atoms with van der Waals surface area (Å²) in [5.74, 6) is -3.37. The van der Waals surface area contributed by atoms with E-state index in [1.807, 2.05) is 30.4 Å². The Morgan fingerprint density at radius 2 is 0.765 bits per heavy atom. The van der Waals surface area contributed by atoms with Crippen LogP contribution in [0, 0.1) is 0 Å². The van der Waals surface area contributed by atoms with Crippen LogP contribution < -0.4 is 0 Å². The molecule has 12 nitrogen and oxygen atoms in total. The molecule has 1 aliphatic rings. The third-order valence-electron chi connectivity index (χ3n) is 13.6. The molecule has 0 aromatic heterocycles. The second-order valence-corrected chi connectivity index (χ2v) is 21.3.